The molecule has 0 aromatic carbocycles. The molecule has 0 saturated heterocycles. The van der Waals surface area contributed by atoms with E-state index in [-0.39, 0.29) is 17.9 Å². The van der Waals surface area contributed by atoms with E-state index in [2.05, 4.69) is 18.8 Å². The van der Waals surface area contributed by atoms with Crippen molar-refractivity contribution >= 4 is 13.4 Å². The minimum absolute atomic E-state index is 0.105. The van der Waals surface area contributed by atoms with Crippen LogP contribution in [0, 0.1) is 17.8 Å². The highest BCUT2D eigenvalue weighted by Crippen LogP contribution is 2.46. The smallest absolute Gasteiger partial charge is 0.312 e. The van der Waals surface area contributed by atoms with Gasteiger partial charge in [0.05, 0.1) is 0 Å². The highest BCUT2D eigenvalue weighted by Gasteiger charge is 2.25. The van der Waals surface area contributed by atoms with Gasteiger partial charge >= 0.3 is 7.60 Å². The molecule has 0 aromatic heterocycles. The van der Waals surface area contributed by atoms with E-state index < -0.39 is 7.60 Å². The molecule has 0 aliphatic heterocycles. The lowest BCUT2D eigenvalue weighted by Crippen LogP contribution is -2.11. The molecule has 0 aliphatic carbocycles. The molecule has 5 heteroatoms. The second-order valence-electron chi connectivity index (χ2n) is 4.29. The largest absolute Gasteiger partial charge is 0.337 e. The molecule has 0 radical (unpaired) electrons. The summed E-state index contributed by atoms with van der Waals surface area (Å²) in [4.78, 5) is 11.7. The third-order valence-corrected chi connectivity index (χ3v) is 4.31. The summed E-state index contributed by atoms with van der Waals surface area (Å²) in [5.74, 6) is 6.16. The lowest BCUT2D eigenvalue weighted by molar-refractivity contribution is -0.117. The first-order valence-corrected chi connectivity index (χ1v) is 7.88. The van der Waals surface area contributed by atoms with Gasteiger partial charge in [0.15, 0.2) is 0 Å². The molecular formula is C13H23O4P. The average Bonchev–Trinajstić information content (AvgIpc) is 2.34. The molecule has 0 spiro atoms. The molecular weight excluding hydrogens is 251 g/mol. The van der Waals surface area contributed by atoms with E-state index in [0.717, 1.165) is 12.8 Å². The Bertz CT molecular complexity index is 346. The molecule has 0 aliphatic rings. The molecule has 0 fully saturated rings. The minimum atomic E-state index is -3.22. The SMILES string of the molecule is CCCC#CCC(C)CC(=O)CP(=O)(OC)OC. The van der Waals surface area contributed by atoms with E-state index in [4.69, 9.17) is 9.05 Å². The number of unbranched alkanes of at least 4 members (excludes halogenated alkanes) is 1. The van der Waals surface area contributed by atoms with Crippen LogP contribution >= 0.6 is 7.60 Å². The van der Waals surface area contributed by atoms with Crippen LogP contribution in [0.15, 0.2) is 0 Å². The lowest BCUT2D eigenvalue weighted by Gasteiger charge is -2.13. The Morgan fingerprint density at radius 2 is 1.89 bits per heavy atom. The van der Waals surface area contributed by atoms with Crippen molar-refractivity contribution in [3.05, 3.63) is 0 Å². The first-order chi connectivity index (χ1) is 8.47. The summed E-state index contributed by atoms with van der Waals surface area (Å²) in [7, 11) is -0.638. The fourth-order valence-electron chi connectivity index (χ4n) is 1.40. The molecule has 0 amide bonds. The minimum Gasteiger partial charge on any atom is -0.312 e. The van der Waals surface area contributed by atoms with Gasteiger partial charge < -0.3 is 9.05 Å². The molecule has 18 heavy (non-hydrogen) atoms. The van der Waals surface area contributed by atoms with Crippen molar-refractivity contribution in [2.75, 3.05) is 20.4 Å². The fraction of sp³-hybridized carbons (Fsp3) is 0.769. The zero-order chi connectivity index (χ0) is 14.0. The van der Waals surface area contributed by atoms with Crippen LogP contribution in [-0.2, 0) is 18.4 Å². The van der Waals surface area contributed by atoms with Crippen molar-refractivity contribution in [2.24, 2.45) is 5.92 Å². The van der Waals surface area contributed by atoms with E-state index in [1.165, 1.54) is 14.2 Å². The molecule has 1 atom stereocenters. The molecule has 0 aromatic rings. The zero-order valence-corrected chi connectivity index (χ0v) is 12.6. The van der Waals surface area contributed by atoms with Crippen LogP contribution in [0.1, 0.15) is 39.5 Å². The van der Waals surface area contributed by atoms with E-state index >= 15 is 0 Å². The number of ketones is 1. The summed E-state index contributed by atoms with van der Waals surface area (Å²) < 4.78 is 21.2. The second-order valence-corrected chi connectivity index (χ2v) is 6.56. The van der Waals surface area contributed by atoms with Gasteiger partial charge in [-0.3, -0.25) is 9.36 Å². The fourth-order valence-corrected chi connectivity index (χ4v) is 2.37. The van der Waals surface area contributed by atoms with Crippen molar-refractivity contribution in [2.45, 2.75) is 39.5 Å². The molecule has 0 heterocycles. The number of rotatable bonds is 8. The average molecular weight is 274 g/mol. The van der Waals surface area contributed by atoms with Crippen LogP contribution in [0.5, 0.6) is 0 Å². The van der Waals surface area contributed by atoms with E-state index in [9.17, 15) is 9.36 Å². The molecule has 0 N–H and O–H groups in total. The van der Waals surface area contributed by atoms with Crippen molar-refractivity contribution in [3.63, 3.8) is 0 Å². The summed E-state index contributed by atoms with van der Waals surface area (Å²) in [6.45, 7) is 4.04. The molecule has 104 valence electrons. The normalized spacial score (nSPS) is 12.7. The zero-order valence-electron chi connectivity index (χ0n) is 11.7. The molecule has 0 saturated carbocycles. The van der Waals surface area contributed by atoms with Crippen molar-refractivity contribution < 1.29 is 18.4 Å². The van der Waals surface area contributed by atoms with Gasteiger partial charge in [-0.05, 0) is 12.3 Å². The number of hydrogen-bond donors (Lipinski definition) is 0. The summed E-state index contributed by atoms with van der Waals surface area (Å²) >= 11 is 0. The summed E-state index contributed by atoms with van der Waals surface area (Å²) in [6.07, 6.45) is 2.83. The van der Waals surface area contributed by atoms with Gasteiger partial charge in [-0.1, -0.05) is 13.8 Å². The predicted octanol–water partition coefficient (Wildman–Crippen LogP) is 3.26. The van der Waals surface area contributed by atoms with Crippen LogP contribution in [0.25, 0.3) is 0 Å². The van der Waals surface area contributed by atoms with Crippen LogP contribution in [-0.4, -0.2) is 26.2 Å². The number of hydrogen-bond acceptors (Lipinski definition) is 4. The standard InChI is InChI=1S/C13H23O4P/c1-5-6-7-8-9-12(2)10-13(14)11-18(15,16-3)17-4/h12H,5-6,9-11H2,1-4H3. The van der Waals surface area contributed by atoms with Gasteiger partial charge in [0.25, 0.3) is 0 Å². The maximum Gasteiger partial charge on any atom is 0.337 e. The summed E-state index contributed by atoms with van der Waals surface area (Å²) in [6, 6.07) is 0. The Morgan fingerprint density at radius 1 is 1.28 bits per heavy atom. The van der Waals surface area contributed by atoms with Crippen LogP contribution in [0.2, 0.25) is 0 Å². The van der Waals surface area contributed by atoms with Crippen molar-refractivity contribution in [1.29, 1.82) is 0 Å². The van der Waals surface area contributed by atoms with Gasteiger partial charge in [0, 0.05) is 33.5 Å². The van der Waals surface area contributed by atoms with Gasteiger partial charge in [-0.15, -0.1) is 11.8 Å². The Morgan fingerprint density at radius 3 is 2.39 bits per heavy atom. The van der Waals surface area contributed by atoms with Gasteiger partial charge in [0.2, 0.25) is 0 Å². The molecule has 0 rings (SSSR count). The van der Waals surface area contributed by atoms with Crippen LogP contribution in [0.4, 0.5) is 0 Å². The monoisotopic (exact) mass is 274 g/mol. The van der Waals surface area contributed by atoms with Gasteiger partial charge in [0.1, 0.15) is 11.9 Å². The van der Waals surface area contributed by atoms with Crippen molar-refractivity contribution in [3.8, 4) is 11.8 Å². The third-order valence-electron chi connectivity index (χ3n) is 2.45. The quantitative estimate of drug-likeness (QED) is 0.503. The highest BCUT2D eigenvalue weighted by molar-refractivity contribution is 7.54. The Kier molecular flexibility index (Phi) is 9.01. The summed E-state index contributed by atoms with van der Waals surface area (Å²) in [5.41, 5.74) is 0. The maximum absolute atomic E-state index is 11.7. The van der Waals surface area contributed by atoms with Gasteiger partial charge in [-0.25, -0.2) is 0 Å². The second kappa shape index (κ2) is 9.33. The number of Topliss-reactive ketones (excluding diaryl/α,β-unsaturated/α-hetero) is 1. The lowest BCUT2D eigenvalue weighted by atomic mass is 10.0. The third kappa shape index (κ3) is 7.66. The Hall–Kier alpha value is -0.620. The number of carbonyl (C=O) groups excluding carboxylic acids is 1. The van der Waals surface area contributed by atoms with E-state index in [1.807, 2.05) is 6.92 Å². The van der Waals surface area contributed by atoms with Crippen LogP contribution in [0.3, 0.4) is 0 Å². The molecule has 1 unspecified atom stereocenters. The Balaban J connectivity index is 4.09. The number of carbonyl (C=O) groups is 1. The Labute approximate surface area is 110 Å². The molecule has 0 bridgehead atoms. The maximum atomic E-state index is 11.7. The van der Waals surface area contributed by atoms with E-state index in [1.54, 1.807) is 0 Å². The highest BCUT2D eigenvalue weighted by atomic mass is 31.2. The predicted molar refractivity (Wildman–Crippen MR) is 72.6 cm³/mol. The topological polar surface area (TPSA) is 52.6 Å². The first kappa shape index (κ1) is 17.4. The summed E-state index contributed by atoms with van der Waals surface area (Å²) in [5, 5.41) is 0. The molecule has 4 nitrogen and oxygen atoms in total. The van der Waals surface area contributed by atoms with E-state index in [0.29, 0.717) is 12.8 Å². The van der Waals surface area contributed by atoms with Crippen LogP contribution < -0.4 is 0 Å². The first-order valence-electron chi connectivity index (χ1n) is 6.15. The van der Waals surface area contributed by atoms with Crippen molar-refractivity contribution in [1.82, 2.24) is 0 Å². The van der Waals surface area contributed by atoms with Gasteiger partial charge in [-0.2, -0.15) is 0 Å².